The minimum Gasteiger partial charge on any atom is -0.309 e. The second-order valence-corrected chi connectivity index (χ2v) is 15.7. The van der Waals surface area contributed by atoms with Gasteiger partial charge in [0.05, 0.1) is 33.5 Å². The highest BCUT2D eigenvalue weighted by atomic mass is 15.0. The van der Waals surface area contributed by atoms with Crippen molar-refractivity contribution in [2.45, 2.75) is 0 Å². The molecule has 0 saturated heterocycles. The Bertz CT molecular complexity index is 3370. The number of pyridine rings is 1. The van der Waals surface area contributed by atoms with Crippen molar-refractivity contribution in [2.75, 3.05) is 0 Å². The van der Waals surface area contributed by atoms with Gasteiger partial charge in [-0.1, -0.05) is 158 Å². The number of benzene rings is 8. The van der Waals surface area contributed by atoms with E-state index >= 15 is 0 Å². The van der Waals surface area contributed by atoms with Crippen LogP contribution < -0.4 is 0 Å². The van der Waals surface area contributed by atoms with Crippen LogP contribution in [0.2, 0.25) is 0 Å². The molecule has 8 aromatic carbocycles. The van der Waals surface area contributed by atoms with E-state index < -0.39 is 0 Å². The zero-order valence-corrected chi connectivity index (χ0v) is 33.6. The standard InChI is InChI=1S/C57H37N5/c1-2-13-42(14-3-1)57-59-51(40-28-24-38(25-29-40)43-15-12-32-58-37-43)36-52(60-57)41-30-26-39(27-31-41)44-33-45(61-53-20-8-4-16-47(53)48-17-5-9-21-54(48)61)35-46(34-44)62-55-22-10-6-18-49(55)50-19-7-11-23-56(50)62/h1-37H. The smallest absolute Gasteiger partial charge is 0.160 e. The van der Waals surface area contributed by atoms with E-state index in [2.05, 4.69) is 202 Å². The molecule has 0 N–H and O–H groups in total. The first-order valence-electron chi connectivity index (χ1n) is 20.9. The maximum absolute atomic E-state index is 5.15. The molecular formula is C57H37N5. The van der Waals surface area contributed by atoms with Crippen LogP contribution in [0.5, 0.6) is 0 Å². The van der Waals surface area contributed by atoms with E-state index in [4.69, 9.17) is 9.97 Å². The molecule has 4 aromatic heterocycles. The van der Waals surface area contributed by atoms with Crippen LogP contribution in [0.1, 0.15) is 0 Å². The number of para-hydroxylation sites is 4. The van der Waals surface area contributed by atoms with Gasteiger partial charge in [-0.3, -0.25) is 4.98 Å². The third-order valence-electron chi connectivity index (χ3n) is 12.0. The lowest BCUT2D eigenvalue weighted by molar-refractivity contribution is 1.13. The maximum Gasteiger partial charge on any atom is 0.160 e. The Morgan fingerprint density at radius 1 is 0.290 bits per heavy atom. The summed E-state index contributed by atoms with van der Waals surface area (Å²) >= 11 is 0. The van der Waals surface area contributed by atoms with Crippen LogP contribution in [0.25, 0.3) is 111 Å². The Balaban J connectivity index is 1.01. The number of hydrogen-bond acceptors (Lipinski definition) is 3. The normalized spacial score (nSPS) is 11.5. The Morgan fingerprint density at radius 2 is 0.694 bits per heavy atom. The fraction of sp³-hybridized carbons (Fsp3) is 0. The average Bonchev–Trinajstić information content (AvgIpc) is 3.88. The van der Waals surface area contributed by atoms with Crippen LogP contribution >= 0.6 is 0 Å². The van der Waals surface area contributed by atoms with Crippen molar-refractivity contribution in [3.8, 4) is 67.5 Å². The first-order chi connectivity index (χ1) is 30.7. The average molecular weight is 792 g/mol. The molecule has 0 bridgehead atoms. The van der Waals surface area contributed by atoms with Crippen molar-refractivity contribution in [3.63, 3.8) is 0 Å². The van der Waals surface area contributed by atoms with Gasteiger partial charge in [-0.05, 0) is 76.9 Å². The Hall–Kier alpha value is -8.41. The van der Waals surface area contributed by atoms with E-state index in [9.17, 15) is 0 Å². The number of fused-ring (bicyclic) bond motifs is 6. The lowest BCUT2D eigenvalue weighted by Gasteiger charge is -2.16. The molecule has 290 valence electrons. The summed E-state index contributed by atoms with van der Waals surface area (Å²) in [5.41, 5.74) is 16.1. The molecule has 4 heterocycles. The van der Waals surface area contributed by atoms with Gasteiger partial charge < -0.3 is 9.13 Å². The number of nitrogens with zero attached hydrogens (tertiary/aromatic N) is 5. The highest BCUT2D eigenvalue weighted by molar-refractivity contribution is 6.10. The summed E-state index contributed by atoms with van der Waals surface area (Å²) in [4.78, 5) is 14.6. The summed E-state index contributed by atoms with van der Waals surface area (Å²) in [7, 11) is 0. The predicted molar refractivity (Wildman–Crippen MR) is 256 cm³/mol. The van der Waals surface area contributed by atoms with E-state index in [-0.39, 0.29) is 0 Å². The summed E-state index contributed by atoms with van der Waals surface area (Å²) in [6, 6.07) is 75.6. The van der Waals surface area contributed by atoms with E-state index in [1.165, 1.54) is 43.6 Å². The third-order valence-corrected chi connectivity index (χ3v) is 12.0. The van der Waals surface area contributed by atoms with Gasteiger partial charge in [0, 0.05) is 62.0 Å². The quantitative estimate of drug-likeness (QED) is 0.162. The molecule has 12 rings (SSSR count). The molecule has 62 heavy (non-hydrogen) atoms. The van der Waals surface area contributed by atoms with Crippen molar-refractivity contribution < 1.29 is 0 Å². The largest absolute Gasteiger partial charge is 0.309 e. The van der Waals surface area contributed by atoms with E-state index in [0.717, 1.165) is 61.7 Å². The van der Waals surface area contributed by atoms with Crippen LogP contribution in [-0.2, 0) is 0 Å². The Morgan fingerprint density at radius 3 is 1.15 bits per heavy atom. The Kier molecular flexibility index (Phi) is 8.42. The van der Waals surface area contributed by atoms with Gasteiger partial charge in [0.1, 0.15) is 0 Å². The second-order valence-electron chi connectivity index (χ2n) is 15.7. The highest BCUT2D eigenvalue weighted by Gasteiger charge is 2.18. The lowest BCUT2D eigenvalue weighted by atomic mass is 10.00. The SMILES string of the molecule is c1ccc(-c2nc(-c3ccc(-c4cccnc4)cc3)cc(-c3ccc(-c4cc(-n5c6ccccc6c6ccccc65)cc(-n5c6ccccc6c6ccccc65)c4)cc3)n2)cc1. The van der Waals surface area contributed by atoms with Crippen molar-refractivity contribution in [3.05, 3.63) is 225 Å². The van der Waals surface area contributed by atoms with Crippen molar-refractivity contribution in [1.82, 2.24) is 24.1 Å². The summed E-state index contributed by atoms with van der Waals surface area (Å²) in [6.45, 7) is 0. The molecule has 0 aliphatic carbocycles. The highest BCUT2D eigenvalue weighted by Crippen LogP contribution is 2.38. The molecule has 0 aliphatic rings. The van der Waals surface area contributed by atoms with Crippen LogP contribution in [0.4, 0.5) is 0 Å². The predicted octanol–water partition coefficient (Wildman–Crippen LogP) is 14.4. The molecule has 0 amide bonds. The molecule has 0 unspecified atom stereocenters. The molecular weight excluding hydrogens is 755 g/mol. The molecule has 5 nitrogen and oxygen atoms in total. The van der Waals surface area contributed by atoms with Crippen LogP contribution in [0.15, 0.2) is 225 Å². The fourth-order valence-electron chi connectivity index (χ4n) is 9.08. The number of rotatable bonds is 7. The summed E-state index contributed by atoms with van der Waals surface area (Å²) in [6.07, 6.45) is 3.69. The summed E-state index contributed by atoms with van der Waals surface area (Å²) in [5, 5.41) is 4.94. The van der Waals surface area contributed by atoms with E-state index in [1.807, 2.05) is 30.5 Å². The Labute approximate surface area is 358 Å². The fourth-order valence-corrected chi connectivity index (χ4v) is 9.08. The van der Waals surface area contributed by atoms with Crippen molar-refractivity contribution >= 4 is 43.6 Å². The molecule has 0 radical (unpaired) electrons. The molecule has 0 spiro atoms. The van der Waals surface area contributed by atoms with Gasteiger partial charge >= 0.3 is 0 Å². The minimum atomic E-state index is 0.688. The van der Waals surface area contributed by atoms with Gasteiger partial charge in [-0.15, -0.1) is 0 Å². The van der Waals surface area contributed by atoms with Gasteiger partial charge in [-0.2, -0.15) is 0 Å². The van der Waals surface area contributed by atoms with E-state index in [1.54, 1.807) is 6.20 Å². The van der Waals surface area contributed by atoms with Gasteiger partial charge in [0.2, 0.25) is 0 Å². The molecule has 12 aromatic rings. The number of aromatic nitrogens is 5. The van der Waals surface area contributed by atoms with Crippen molar-refractivity contribution in [1.29, 1.82) is 0 Å². The van der Waals surface area contributed by atoms with Gasteiger partial charge in [0.15, 0.2) is 5.82 Å². The summed E-state index contributed by atoms with van der Waals surface area (Å²) < 4.78 is 4.83. The van der Waals surface area contributed by atoms with Crippen LogP contribution in [-0.4, -0.2) is 24.1 Å². The van der Waals surface area contributed by atoms with Crippen LogP contribution in [0.3, 0.4) is 0 Å². The maximum atomic E-state index is 5.15. The molecule has 5 heteroatoms. The third kappa shape index (κ3) is 6.06. The van der Waals surface area contributed by atoms with Crippen molar-refractivity contribution in [2.24, 2.45) is 0 Å². The summed E-state index contributed by atoms with van der Waals surface area (Å²) in [5.74, 6) is 0.688. The zero-order chi connectivity index (χ0) is 41.0. The minimum absolute atomic E-state index is 0.688. The molecule has 0 saturated carbocycles. The topological polar surface area (TPSA) is 48.5 Å². The number of hydrogen-bond donors (Lipinski definition) is 0. The second kappa shape index (κ2) is 14.7. The first-order valence-corrected chi connectivity index (χ1v) is 20.9. The van der Waals surface area contributed by atoms with Gasteiger partial charge in [0.25, 0.3) is 0 Å². The van der Waals surface area contributed by atoms with E-state index in [0.29, 0.717) is 5.82 Å². The molecule has 0 atom stereocenters. The zero-order valence-electron chi connectivity index (χ0n) is 33.6. The lowest BCUT2D eigenvalue weighted by Crippen LogP contribution is -2.00. The van der Waals surface area contributed by atoms with Crippen LogP contribution in [0, 0.1) is 0 Å². The van der Waals surface area contributed by atoms with Gasteiger partial charge in [-0.25, -0.2) is 9.97 Å². The first kappa shape index (κ1) is 35.5. The monoisotopic (exact) mass is 791 g/mol. The molecule has 0 fully saturated rings. The molecule has 0 aliphatic heterocycles.